The van der Waals surface area contributed by atoms with Crippen molar-refractivity contribution >= 4 is 5.82 Å². The first-order valence-corrected chi connectivity index (χ1v) is 5.43. The summed E-state index contributed by atoms with van der Waals surface area (Å²) in [6.07, 6.45) is 0. The molecule has 0 amide bonds. The summed E-state index contributed by atoms with van der Waals surface area (Å²) in [6.45, 7) is 0. The number of nitrogens with zero attached hydrogens (tertiary/aromatic N) is 4. The molecule has 0 unspecified atom stereocenters. The molecule has 1 aromatic carbocycles. The van der Waals surface area contributed by atoms with Gasteiger partial charge < -0.3 is 4.90 Å². The molecule has 0 saturated carbocycles. The van der Waals surface area contributed by atoms with Gasteiger partial charge in [0.25, 0.3) is 0 Å². The van der Waals surface area contributed by atoms with E-state index in [9.17, 15) is 8.78 Å². The van der Waals surface area contributed by atoms with Crippen molar-refractivity contribution < 1.29 is 8.78 Å². The molecule has 0 radical (unpaired) electrons. The summed E-state index contributed by atoms with van der Waals surface area (Å²) in [5.41, 5.74) is 0.0255. The highest BCUT2D eigenvalue weighted by Crippen LogP contribution is 2.22. The summed E-state index contributed by atoms with van der Waals surface area (Å²) in [7, 11) is 3.46. The number of hydrogen-bond acceptors (Lipinski definition) is 4. The molecule has 0 aliphatic carbocycles. The average Bonchev–Trinajstić information content (AvgIpc) is 2.40. The van der Waals surface area contributed by atoms with Gasteiger partial charge >= 0.3 is 0 Å². The van der Waals surface area contributed by atoms with Gasteiger partial charge in [-0.2, -0.15) is 5.26 Å². The molecule has 0 aliphatic heterocycles. The van der Waals surface area contributed by atoms with Crippen LogP contribution in [0.25, 0.3) is 11.4 Å². The van der Waals surface area contributed by atoms with E-state index in [1.807, 2.05) is 6.07 Å². The molecular weight excluding hydrogens is 250 g/mol. The van der Waals surface area contributed by atoms with Gasteiger partial charge in [0.1, 0.15) is 29.2 Å². The van der Waals surface area contributed by atoms with Crippen molar-refractivity contribution in [1.29, 1.82) is 5.26 Å². The molecule has 96 valence electrons. The minimum absolute atomic E-state index is 0.0141. The maximum Gasteiger partial charge on any atom is 0.166 e. The van der Waals surface area contributed by atoms with Crippen molar-refractivity contribution in [3.63, 3.8) is 0 Å². The molecule has 6 heteroatoms. The Kier molecular flexibility index (Phi) is 3.38. The second kappa shape index (κ2) is 4.98. The molecule has 0 N–H and O–H groups in total. The van der Waals surface area contributed by atoms with Crippen LogP contribution in [0, 0.1) is 23.0 Å². The van der Waals surface area contributed by atoms with Crippen LogP contribution < -0.4 is 4.90 Å². The Balaban J connectivity index is 2.65. The lowest BCUT2D eigenvalue weighted by Crippen LogP contribution is -2.12. The Morgan fingerprint density at radius 1 is 1.16 bits per heavy atom. The molecule has 0 aliphatic rings. The molecule has 0 atom stereocenters. The number of halogens is 2. The Bertz CT molecular complexity index is 662. The summed E-state index contributed by atoms with van der Waals surface area (Å²) < 4.78 is 26.9. The van der Waals surface area contributed by atoms with Crippen molar-refractivity contribution in [2.45, 2.75) is 0 Å². The van der Waals surface area contributed by atoms with Crippen LogP contribution in [0.5, 0.6) is 0 Å². The number of nitriles is 1. The van der Waals surface area contributed by atoms with Crippen LogP contribution in [0.1, 0.15) is 5.69 Å². The number of anilines is 1. The van der Waals surface area contributed by atoms with Crippen LogP contribution in [0.15, 0.2) is 24.3 Å². The van der Waals surface area contributed by atoms with Gasteiger partial charge in [-0.1, -0.05) is 0 Å². The fourth-order valence-corrected chi connectivity index (χ4v) is 1.51. The van der Waals surface area contributed by atoms with E-state index in [-0.39, 0.29) is 17.1 Å². The molecule has 19 heavy (non-hydrogen) atoms. The highest BCUT2D eigenvalue weighted by Gasteiger charge is 2.13. The first kappa shape index (κ1) is 12.9. The molecule has 0 spiro atoms. The van der Waals surface area contributed by atoms with Gasteiger partial charge in [0.2, 0.25) is 0 Å². The van der Waals surface area contributed by atoms with E-state index >= 15 is 0 Å². The third kappa shape index (κ3) is 2.65. The summed E-state index contributed by atoms with van der Waals surface area (Å²) in [4.78, 5) is 9.67. The zero-order valence-corrected chi connectivity index (χ0v) is 10.4. The van der Waals surface area contributed by atoms with E-state index in [2.05, 4.69) is 9.97 Å². The van der Waals surface area contributed by atoms with Crippen molar-refractivity contribution in [3.8, 4) is 17.5 Å². The summed E-state index contributed by atoms with van der Waals surface area (Å²) >= 11 is 0. The van der Waals surface area contributed by atoms with Crippen molar-refractivity contribution in [3.05, 3.63) is 41.6 Å². The molecule has 4 nitrogen and oxygen atoms in total. The van der Waals surface area contributed by atoms with Gasteiger partial charge in [-0.25, -0.2) is 18.7 Å². The Morgan fingerprint density at radius 3 is 2.53 bits per heavy atom. The Morgan fingerprint density at radius 2 is 1.89 bits per heavy atom. The number of rotatable bonds is 2. The van der Waals surface area contributed by atoms with Crippen LogP contribution in [0.4, 0.5) is 14.6 Å². The number of benzene rings is 1. The fraction of sp³-hybridized carbons (Fsp3) is 0.154. The van der Waals surface area contributed by atoms with Crippen LogP contribution >= 0.6 is 0 Å². The molecule has 0 saturated heterocycles. The first-order valence-electron chi connectivity index (χ1n) is 5.43. The number of hydrogen-bond donors (Lipinski definition) is 0. The zero-order valence-electron chi connectivity index (χ0n) is 10.4. The Hall–Kier alpha value is -2.55. The largest absolute Gasteiger partial charge is 0.363 e. The minimum Gasteiger partial charge on any atom is -0.363 e. The lowest BCUT2D eigenvalue weighted by Gasteiger charge is -2.12. The lowest BCUT2D eigenvalue weighted by atomic mass is 10.2. The normalized spacial score (nSPS) is 10.1. The van der Waals surface area contributed by atoms with Gasteiger partial charge in [-0.3, -0.25) is 0 Å². The smallest absolute Gasteiger partial charge is 0.166 e. The van der Waals surface area contributed by atoms with E-state index in [0.29, 0.717) is 5.82 Å². The molecule has 1 heterocycles. The maximum atomic E-state index is 13.7. The topological polar surface area (TPSA) is 52.8 Å². The quantitative estimate of drug-likeness (QED) is 0.831. The van der Waals surface area contributed by atoms with E-state index in [4.69, 9.17) is 5.26 Å². The van der Waals surface area contributed by atoms with Crippen molar-refractivity contribution in [2.75, 3.05) is 19.0 Å². The maximum absolute atomic E-state index is 13.7. The van der Waals surface area contributed by atoms with Crippen molar-refractivity contribution in [2.24, 2.45) is 0 Å². The van der Waals surface area contributed by atoms with Crippen LogP contribution in [-0.2, 0) is 0 Å². The first-order chi connectivity index (χ1) is 9.01. The third-order valence-corrected chi connectivity index (χ3v) is 2.45. The van der Waals surface area contributed by atoms with Crippen molar-refractivity contribution in [1.82, 2.24) is 9.97 Å². The second-order valence-electron chi connectivity index (χ2n) is 4.07. The van der Waals surface area contributed by atoms with E-state index in [1.54, 1.807) is 19.0 Å². The molecule has 2 aromatic rings. The highest BCUT2D eigenvalue weighted by molar-refractivity contribution is 5.59. The average molecular weight is 260 g/mol. The second-order valence-corrected chi connectivity index (χ2v) is 4.07. The zero-order chi connectivity index (χ0) is 14.0. The minimum atomic E-state index is -0.638. The van der Waals surface area contributed by atoms with Gasteiger partial charge in [0.15, 0.2) is 5.82 Å². The standard InChI is InChI=1S/C13H10F2N4/c1-19(2)12-6-9(7-16)17-13(18-12)10-5-8(14)3-4-11(10)15/h3-6H,1-2H3. The predicted octanol–water partition coefficient (Wildman–Crippen LogP) is 2.36. The molecule has 2 rings (SSSR count). The van der Waals surface area contributed by atoms with Gasteiger partial charge in [-0.05, 0) is 18.2 Å². The van der Waals surface area contributed by atoms with E-state index in [0.717, 1.165) is 18.2 Å². The molecule has 0 fully saturated rings. The van der Waals surface area contributed by atoms with Crippen LogP contribution in [-0.4, -0.2) is 24.1 Å². The van der Waals surface area contributed by atoms with Gasteiger partial charge in [0, 0.05) is 20.2 Å². The monoisotopic (exact) mass is 260 g/mol. The van der Waals surface area contributed by atoms with E-state index in [1.165, 1.54) is 6.07 Å². The SMILES string of the molecule is CN(C)c1cc(C#N)nc(-c2cc(F)ccc2F)n1. The fourth-order valence-electron chi connectivity index (χ4n) is 1.51. The predicted molar refractivity (Wildman–Crippen MR) is 66.4 cm³/mol. The highest BCUT2D eigenvalue weighted by atomic mass is 19.1. The van der Waals surface area contributed by atoms with Gasteiger partial charge in [-0.15, -0.1) is 0 Å². The summed E-state index contributed by atoms with van der Waals surface area (Å²) in [5.74, 6) is -0.792. The van der Waals surface area contributed by atoms with Crippen LogP contribution in [0.3, 0.4) is 0 Å². The van der Waals surface area contributed by atoms with Crippen LogP contribution in [0.2, 0.25) is 0 Å². The van der Waals surface area contributed by atoms with Gasteiger partial charge in [0.05, 0.1) is 5.56 Å². The molecule has 0 bridgehead atoms. The summed E-state index contributed by atoms with van der Waals surface area (Å²) in [5, 5.41) is 8.91. The summed E-state index contributed by atoms with van der Waals surface area (Å²) in [6, 6.07) is 6.37. The lowest BCUT2D eigenvalue weighted by molar-refractivity contribution is 0.602. The Labute approximate surface area is 109 Å². The molecular formula is C13H10F2N4. The number of aromatic nitrogens is 2. The molecule has 1 aromatic heterocycles. The van der Waals surface area contributed by atoms with E-state index < -0.39 is 11.6 Å². The third-order valence-electron chi connectivity index (χ3n) is 2.45.